The summed E-state index contributed by atoms with van der Waals surface area (Å²) in [4.78, 5) is 10.7. The van der Waals surface area contributed by atoms with Crippen LogP contribution in [-0.4, -0.2) is 28.4 Å². The summed E-state index contributed by atoms with van der Waals surface area (Å²) in [6.45, 7) is 0.146. The third-order valence-electron chi connectivity index (χ3n) is 2.53. The van der Waals surface area contributed by atoms with Gasteiger partial charge in [0.15, 0.2) is 0 Å². The monoisotopic (exact) mass is 328 g/mol. The molecule has 1 heterocycles. The summed E-state index contributed by atoms with van der Waals surface area (Å²) in [5.74, 6) is -1.56. The van der Waals surface area contributed by atoms with Crippen molar-refractivity contribution < 1.29 is 19.0 Å². The number of aromatic amines is 1. The first-order chi connectivity index (χ1) is 9.02. The number of nitrogens with zero attached hydrogens (tertiary/aromatic N) is 1. The van der Waals surface area contributed by atoms with E-state index in [1.807, 2.05) is 0 Å². The molecule has 2 rings (SSSR count). The van der Waals surface area contributed by atoms with Crippen molar-refractivity contribution in [2.45, 2.75) is 6.61 Å². The lowest BCUT2D eigenvalue weighted by Crippen LogP contribution is -1.95. The Morgan fingerprint density at radius 1 is 1.53 bits per heavy atom. The molecule has 0 radical (unpaired) electrons. The molecule has 0 aliphatic rings. The van der Waals surface area contributed by atoms with Gasteiger partial charge in [-0.2, -0.15) is 5.10 Å². The number of hydrogen-bond acceptors (Lipinski definition) is 3. The summed E-state index contributed by atoms with van der Waals surface area (Å²) in [6, 6.07) is 4.31. The number of methoxy groups -OCH3 is 1. The van der Waals surface area contributed by atoms with E-state index in [-0.39, 0.29) is 12.3 Å². The molecule has 0 saturated heterocycles. The fourth-order valence-electron chi connectivity index (χ4n) is 1.61. The van der Waals surface area contributed by atoms with Crippen molar-refractivity contribution in [3.63, 3.8) is 0 Å². The van der Waals surface area contributed by atoms with Crippen LogP contribution in [0.25, 0.3) is 11.3 Å². The van der Waals surface area contributed by atoms with E-state index in [0.29, 0.717) is 21.3 Å². The molecule has 2 aromatic rings. The molecule has 7 heteroatoms. The second-order valence-electron chi connectivity index (χ2n) is 3.82. The molecule has 0 amide bonds. The van der Waals surface area contributed by atoms with Crippen molar-refractivity contribution in [1.29, 1.82) is 0 Å². The van der Waals surface area contributed by atoms with E-state index < -0.39 is 11.8 Å². The summed E-state index contributed by atoms with van der Waals surface area (Å²) in [7, 11) is 1.48. The summed E-state index contributed by atoms with van der Waals surface area (Å²) in [5, 5.41) is 15.0. The number of ether oxygens (including phenoxy) is 1. The van der Waals surface area contributed by atoms with Gasteiger partial charge in [-0.3, -0.25) is 5.10 Å². The van der Waals surface area contributed by atoms with Crippen LogP contribution in [0.2, 0.25) is 0 Å². The molecule has 0 bridgehead atoms. The molecule has 19 heavy (non-hydrogen) atoms. The number of benzene rings is 1. The van der Waals surface area contributed by atoms with Crippen molar-refractivity contribution >= 4 is 21.9 Å². The van der Waals surface area contributed by atoms with Crippen LogP contribution in [0.1, 0.15) is 16.1 Å². The Bertz CT molecular complexity index is 604. The van der Waals surface area contributed by atoms with Gasteiger partial charge in [-0.25, -0.2) is 9.18 Å². The van der Waals surface area contributed by atoms with Gasteiger partial charge in [0.05, 0.1) is 12.3 Å². The zero-order chi connectivity index (χ0) is 14.0. The molecular weight excluding hydrogens is 319 g/mol. The summed E-state index contributed by atoms with van der Waals surface area (Å²) >= 11 is 3.26. The first-order valence-corrected chi connectivity index (χ1v) is 6.08. The highest BCUT2D eigenvalue weighted by Crippen LogP contribution is 2.28. The quantitative estimate of drug-likeness (QED) is 0.904. The molecule has 0 saturated carbocycles. The minimum atomic E-state index is -1.12. The molecule has 0 aliphatic carbocycles. The zero-order valence-electron chi connectivity index (χ0n) is 9.91. The van der Waals surface area contributed by atoms with Crippen molar-refractivity contribution in [2.24, 2.45) is 0 Å². The van der Waals surface area contributed by atoms with E-state index in [2.05, 4.69) is 26.1 Å². The molecule has 0 spiro atoms. The predicted octanol–water partition coefficient (Wildman–Crippen LogP) is 2.82. The largest absolute Gasteiger partial charge is 0.477 e. The van der Waals surface area contributed by atoms with Crippen LogP contribution in [-0.2, 0) is 11.3 Å². The van der Waals surface area contributed by atoms with Gasteiger partial charge in [0, 0.05) is 22.7 Å². The molecular formula is C12H10BrFN2O3. The number of H-pyrrole nitrogens is 1. The third kappa shape index (κ3) is 2.82. The molecule has 2 N–H and O–H groups in total. The lowest BCUT2D eigenvalue weighted by Gasteiger charge is -2.07. The van der Waals surface area contributed by atoms with Crippen molar-refractivity contribution in [2.75, 3.05) is 7.11 Å². The summed E-state index contributed by atoms with van der Waals surface area (Å²) in [6.07, 6.45) is 0. The minimum Gasteiger partial charge on any atom is -0.477 e. The second kappa shape index (κ2) is 5.50. The molecule has 0 aliphatic heterocycles. The SMILES string of the molecule is COCc1c(F)cc(-c2cc(C(=O)O)[nH]n2)cc1Br. The number of aromatic carboxylic acids is 1. The average Bonchev–Trinajstić information content (AvgIpc) is 2.83. The normalized spacial score (nSPS) is 10.7. The van der Waals surface area contributed by atoms with Crippen LogP contribution in [0.15, 0.2) is 22.7 Å². The first-order valence-electron chi connectivity index (χ1n) is 5.29. The highest BCUT2D eigenvalue weighted by atomic mass is 79.9. The topological polar surface area (TPSA) is 75.2 Å². The van der Waals surface area contributed by atoms with Crippen LogP contribution in [0.4, 0.5) is 4.39 Å². The van der Waals surface area contributed by atoms with Crippen LogP contribution < -0.4 is 0 Å². The van der Waals surface area contributed by atoms with Crippen molar-refractivity contribution in [1.82, 2.24) is 10.2 Å². The van der Waals surface area contributed by atoms with Gasteiger partial charge in [0.1, 0.15) is 11.5 Å². The van der Waals surface area contributed by atoms with Gasteiger partial charge < -0.3 is 9.84 Å². The van der Waals surface area contributed by atoms with Crippen LogP contribution >= 0.6 is 15.9 Å². The Balaban J connectivity index is 2.42. The van der Waals surface area contributed by atoms with Crippen LogP contribution in [0.5, 0.6) is 0 Å². The average molecular weight is 329 g/mol. The van der Waals surface area contributed by atoms with E-state index >= 15 is 0 Å². The van der Waals surface area contributed by atoms with Crippen LogP contribution in [0, 0.1) is 5.82 Å². The predicted molar refractivity (Wildman–Crippen MR) is 69.4 cm³/mol. The van der Waals surface area contributed by atoms with E-state index in [9.17, 15) is 9.18 Å². The van der Waals surface area contributed by atoms with Gasteiger partial charge in [-0.05, 0) is 18.2 Å². The number of carboxylic acid groups (broad SMARTS) is 1. The number of carboxylic acids is 1. The molecule has 0 fully saturated rings. The Labute approximate surface area is 116 Å². The Morgan fingerprint density at radius 3 is 2.79 bits per heavy atom. The fourth-order valence-corrected chi connectivity index (χ4v) is 2.16. The third-order valence-corrected chi connectivity index (χ3v) is 3.24. The number of nitrogens with one attached hydrogen (secondary N) is 1. The fraction of sp³-hybridized carbons (Fsp3) is 0.167. The highest BCUT2D eigenvalue weighted by Gasteiger charge is 2.14. The van der Waals surface area contributed by atoms with E-state index in [4.69, 9.17) is 9.84 Å². The molecule has 100 valence electrons. The number of hydrogen-bond donors (Lipinski definition) is 2. The van der Waals surface area contributed by atoms with Crippen molar-refractivity contribution in [3.8, 4) is 11.3 Å². The standard InChI is InChI=1S/C12H10BrFN2O3/c1-19-5-7-8(13)2-6(3-9(7)14)10-4-11(12(17)18)16-15-10/h2-4H,5H2,1H3,(H,15,16)(H,17,18). The molecule has 0 atom stereocenters. The van der Waals surface area contributed by atoms with Gasteiger partial charge in [-0.1, -0.05) is 15.9 Å². The van der Waals surface area contributed by atoms with E-state index in [1.54, 1.807) is 6.07 Å². The zero-order valence-corrected chi connectivity index (χ0v) is 11.5. The maximum absolute atomic E-state index is 13.9. The first kappa shape index (κ1) is 13.7. The number of aromatic nitrogens is 2. The minimum absolute atomic E-state index is 0.0486. The maximum atomic E-state index is 13.9. The highest BCUT2D eigenvalue weighted by molar-refractivity contribution is 9.10. The van der Waals surface area contributed by atoms with Gasteiger partial charge in [0.25, 0.3) is 0 Å². The van der Waals surface area contributed by atoms with Gasteiger partial charge in [0.2, 0.25) is 0 Å². The van der Waals surface area contributed by atoms with Crippen LogP contribution in [0.3, 0.4) is 0 Å². The van der Waals surface area contributed by atoms with Gasteiger partial charge >= 0.3 is 5.97 Å². The molecule has 5 nitrogen and oxygen atoms in total. The Kier molecular flexibility index (Phi) is 3.96. The Hall–Kier alpha value is -1.73. The summed E-state index contributed by atoms with van der Waals surface area (Å²) < 4.78 is 19.3. The smallest absolute Gasteiger partial charge is 0.353 e. The van der Waals surface area contributed by atoms with Gasteiger partial charge in [-0.15, -0.1) is 0 Å². The van der Waals surface area contributed by atoms with Crippen molar-refractivity contribution in [3.05, 3.63) is 39.7 Å². The lowest BCUT2D eigenvalue weighted by molar-refractivity contribution is 0.0690. The Morgan fingerprint density at radius 2 is 2.26 bits per heavy atom. The number of halogens is 2. The molecule has 0 unspecified atom stereocenters. The van der Waals surface area contributed by atoms with E-state index in [1.165, 1.54) is 19.2 Å². The molecule has 1 aromatic carbocycles. The number of rotatable bonds is 4. The maximum Gasteiger partial charge on any atom is 0.353 e. The second-order valence-corrected chi connectivity index (χ2v) is 4.68. The molecule has 1 aromatic heterocycles. The number of carbonyl (C=O) groups is 1. The van der Waals surface area contributed by atoms with E-state index in [0.717, 1.165) is 0 Å². The lowest BCUT2D eigenvalue weighted by atomic mass is 10.1. The summed E-state index contributed by atoms with van der Waals surface area (Å²) in [5.41, 5.74) is 1.20.